The van der Waals surface area contributed by atoms with Crippen molar-refractivity contribution in [3.63, 3.8) is 0 Å². The third kappa shape index (κ3) is 4.22. The molecule has 0 fully saturated rings. The topological polar surface area (TPSA) is 41.5 Å². The molecule has 0 bridgehead atoms. The Morgan fingerprint density at radius 2 is 1.95 bits per heavy atom. The largest absolute Gasteiger partial charge is 0.494 e. The van der Waals surface area contributed by atoms with Gasteiger partial charge in [0, 0.05) is 6.04 Å². The molecule has 2 aromatic rings. The fourth-order valence-corrected chi connectivity index (χ4v) is 2.18. The fourth-order valence-electron chi connectivity index (χ4n) is 2.18. The van der Waals surface area contributed by atoms with Crippen LogP contribution in [-0.2, 0) is 0 Å². The minimum atomic E-state index is 0.121. The first kappa shape index (κ1) is 14.8. The quantitative estimate of drug-likeness (QED) is 0.777. The number of ether oxygens (including phenoxy) is 1. The van der Waals surface area contributed by atoms with Crippen LogP contribution < -0.4 is 10.1 Å². The van der Waals surface area contributed by atoms with Crippen LogP contribution in [0.3, 0.4) is 0 Å². The Morgan fingerprint density at radius 3 is 2.70 bits per heavy atom. The van der Waals surface area contributed by atoms with E-state index >= 15 is 0 Å². The molecule has 0 aliphatic rings. The molecule has 0 radical (unpaired) electrons. The van der Waals surface area contributed by atoms with Gasteiger partial charge >= 0.3 is 0 Å². The Balaban J connectivity index is 1.85. The van der Waals surface area contributed by atoms with Gasteiger partial charge < -0.3 is 15.2 Å². The second kappa shape index (κ2) is 7.88. The number of aliphatic hydroxyl groups is 1. The Kier molecular flexibility index (Phi) is 5.84. The second-order valence-electron chi connectivity index (χ2n) is 4.98. The third-order valence-corrected chi connectivity index (χ3v) is 3.36. The summed E-state index contributed by atoms with van der Waals surface area (Å²) in [5.41, 5.74) is 0. The van der Waals surface area contributed by atoms with E-state index in [0.717, 1.165) is 25.1 Å². The summed E-state index contributed by atoms with van der Waals surface area (Å²) in [6.45, 7) is 3.82. The lowest BCUT2D eigenvalue weighted by molar-refractivity contribution is 0.209. The summed E-state index contributed by atoms with van der Waals surface area (Å²) in [6, 6.07) is 14.5. The first-order valence-electron chi connectivity index (χ1n) is 7.29. The number of hydrogen-bond acceptors (Lipinski definition) is 3. The fraction of sp³-hybridized carbons (Fsp3) is 0.412. The summed E-state index contributed by atoms with van der Waals surface area (Å²) in [5, 5.41) is 15.0. The zero-order chi connectivity index (χ0) is 14.2. The van der Waals surface area contributed by atoms with Gasteiger partial charge in [0.2, 0.25) is 0 Å². The highest BCUT2D eigenvalue weighted by Gasteiger charge is 2.06. The van der Waals surface area contributed by atoms with Crippen LogP contribution in [0.25, 0.3) is 10.8 Å². The van der Waals surface area contributed by atoms with Gasteiger partial charge in [0.05, 0.1) is 13.2 Å². The second-order valence-corrected chi connectivity index (χ2v) is 4.98. The SMILES string of the molecule is CCCNC(CO)CCOc1ccc2ccccc2c1. The first-order valence-corrected chi connectivity index (χ1v) is 7.29. The van der Waals surface area contributed by atoms with E-state index < -0.39 is 0 Å². The Morgan fingerprint density at radius 1 is 1.15 bits per heavy atom. The number of benzene rings is 2. The highest BCUT2D eigenvalue weighted by Crippen LogP contribution is 2.20. The van der Waals surface area contributed by atoms with Gasteiger partial charge in [0.15, 0.2) is 0 Å². The van der Waals surface area contributed by atoms with Gasteiger partial charge in [-0.3, -0.25) is 0 Å². The molecule has 0 spiro atoms. The zero-order valence-electron chi connectivity index (χ0n) is 12.0. The van der Waals surface area contributed by atoms with Crippen LogP contribution in [0.5, 0.6) is 5.75 Å². The van der Waals surface area contributed by atoms with E-state index in [0.29, 0.717) is 6.61 Å². The third-order valence-electron chi connectivity index (χ3n) is 3.36. The summed E-state index contributed by atoms with van der Waals surface area (Å²) in [6.07, 6.45) is 1.88. The average Bonchev–Trinajstić information content (AvgIpc) is 2.50. The summed E-state index contributed by atoms with van der Waals surface area (Å²) >= 11 is 0. The van der Waals surface area contributed by atoms with Gasteiger partial charge in [0.25, 0.3) is 0 Å². The molecule has 0 aromatic heterocycles. The lowest BCUT2D eigenvalue weighted by Crippen LogP contribution is -2.34. The minimum Gasteiger partial charge on any atom is -0.494 e. The van der Waals surface area contributed by atoms with Crippen molar-refractivity contribution in [3.8, 4) is 5.75 Å². The van der Waals surface area contributed by atoms with Gasteiger partial charge in [-0.05, 0) is 42.3 Å². The van der Waals surface area contributed by atoms with E-state index in [-0.39, 0.29) is 12.6 Å². The number of rotatable bonds is 8. The van der Waals surface area contributed by atoms with Gasteiger partial charge in [-0.2, -0.15) is 0 Å². The van der Waals surface area contributed by atoms with Crippen molar-refractivity contribution in [2.75, 3.05) is 19.8 Å². The molecule has 0 aliphatic heterocycles. The van der Waals surface area contributed by atoms with Crippen molar-refractivity contribution in [1.29, 1.82) is 0 Å². The van der Waals surface area contributed by atoms with Crippen LogP contribution in [0, 0.1) is 0 Å². The minimum absolute atomic E-state index is 0.121. The molecular weight excluding hydrogens is 250 g/mol. The Bertz CT molecular complexity index is 527. The Labute approximate surface area is 120 Å². The lowest BCUT2D eigenvalue weighted by atomic mass is 10.1. The van der Waals surface area contributed by atoms with Crippen molar-refractivity contribution in [1.82, 2.24) is 5.32 Å². The number of aliphatic hydroxyl groups excluding tert-OH is 1. The highest BCUT2D eigenvalue weighted by molar-refractivity contribution is 5.83. The molecule has 20 heavy (non-hydrogen) atoms. The van der Waals surface area contributed by atoms with Crippen molar-refractivity contribution < 1.29 is 9.84 Å². The average molecular weight is 273 g/mol. The molecular formula is C17H23NO2. The number of hydrogen-bond donors (Lipinski definition) is 2. The predicted octanol–water partition coefficient (Wildman–Crippen LogP) is 2.97. The molecule has 3 nitrogen and oxygen atoms in total. The van der Waals surface area contributed by atoms with Crippen molar-refractivity contribution >= 4 is 10.8 Å². The summed E-state index contributed by atoms with van der Waals surface area (Å²) in [4.78, 5) is 0. The van der Waals surface area contributed by atoms with E-state index in [1.807, 2.05) is 18.2 Å². The van der Waals surface area contributed by atoms with Gasteiger partial charge in [0.1, 0.15) is 5.75 Å². The van der Waals surface area contributed by atoms with Gasteiger partial charge in [-0.1, -0.05) is 37.3 Å². The van der Waals surface area contributed by atoms with Crippen LogP contribution in [0.4, 0.5) is 0 Å². The molecule has 1 atom stereocenters. The van der Waals surface area contributed by atoms with Crippen LogP contribution in [0.1, 0.15) is 19.8 Å². The maximum atomic E-state index is 9.27. The molecule has 0 amide bonds. The molecule has 0 aliphatic carbocycles. The molecule has 2 N–H and O–H groups in total. The highest BCUT2D eigenvalue weighted by atomic mass is 16.5. The van der Waals surface area contributed by atoms with E-state index in [1.165, 1.54) is 10.8 Å². The van der Waals surface area contributed by atoms with Crippen LogP contribution in [-0.4, -0.2) is 30.9 Å². The molecule has 1 unspecified atom stereocenters. The standard InChI is InChI=1S/C17H23NO2/c1-2-10-18-16(13-19)9-11-20-17-8-7-14-5-3-4-6-15(14)12-17/h3-8,12,16,18-19H,2,9-11,13H2,1H3. The van der Waals surface area contributed by atoms with Gasteiger partial charge in [-0.15, -0.1) is 0 Å². The molecule has 2 aromatic carbocycles. The molecule has 2 rings (SSSR count). The van der Waals surface area contributed by atoms with Crippen LogP contribution in [0.2, 0.25) is 0 Å². The monoisotopic (exact) mass is 273 g/mol. The maximum absolute atomic E-state index is 9.27. The summed E-state index contributed by atoms with van der Waals surface area (Å²) in [5.74, 6) is 0.885. The Hall–Kier alpha value is -1.58. The van der Waals surface area contributed by atoms with Crippen molar-refractivity contribution in [3.05, 3.63) is 42.5 Å². The zero-order valence-corrected chi connectivity index (χ0v) is 12.0. The van der Waals surface area contributed by atoms with Crippen LogP contribution in [0.15, 0.2) is 42.5 Å². The summed E-state index contributed by atoms with van der Waals surface area (Å²) < 4.78 is 5.78. The first-order chi connectivity index (χ1) is 9.83. The van der Waals surface area contributed by atoms with E-state index in [2.05, 4.69) is 36.5 Å². The molecule has 0 saturated carbocycles. The normalized spacial score (nSPS) is 12.5. The number of fused-ring (bicyclic) bond motifs is 1. The molecule has 0 saturated heterocycles. The summed E-state index contributed by atoms with van der Waals surface area (Å²) in [7, 11) is 0. The molecule has 0 heterocycles. The van der Waals surface area contributed by atoms with E-state index in [4.69, 9.17) is 4.74 Å². The lowest BCUT2D eigenvalue weighted by Gasteiger charge is -2.16. The number of nitrogens with one attached hydrogen (secondary N) is 1. The van der Waals surface area contributed by atoms with Crippen molar-refractivity contribution in [2.24, 2.45) is 0 Å². The van der Waals surface area contributed by atoms with Crippen LogP contribution >= 0.6 is 0 Å². The van der Waals surface area contributed by atoms with E-state index in [9.17, 15) is 5.11 Å². The smallest absolute Gasteiger partial charge is 0.119 e. The van der Waals surface area contributed by atoms with Gasteiger partial charge in [-0.25, -0.2) is 0 Å². The predicted molar refractivity (Wildman–Crippen MR) is 83.2 cm³/mol. The molecule has 3 heteroatoms. The maximum Gasteiger partial charge on any atom is 0.119 e. The van der Waals surface area contributed by atoms with E-state index in [1.54, 1.807) is 0 Å². The molecule has 108 valence electrons. The van der Waals surface area contributed by atoms with Crippen molar-refractivity contribution in [2.45, 2.75) is 25.8 Å².